The van der Waals surface area contributed by atoms with Crippen LogP contribution < -0.4 is 0 Å². The Hall–Kier alpha value is -0.790. The predicted octanol–water partition coefficient (Wildman–Crippen LogP) is 2.06. The molecule has 0 aromatic heterocycles. The molecule has 2 aliphatic carbocycles. The van der Waals surface area contributed by atoms with Gasteiger partial charge in [-0.2, -0.15) is 0 Å². The fourth-order valence-corrected chi connectivity index (χ4v) is 2.27. The molecular formula is C10H14O2. The van der Waals surface area contributed by atoms with Crippen LogP contribution in [0.4, 0.5) is 0 Å². The van der Waals surface area contributed by atoms with Crippen molar-refractivity contribution in [3.05, 3.63) is 11.3 Å². The third-order valence-electron chi connectivity index (χ3n) is 3.40. The van der Waals surface area contributed by atoms with Crippen molar-refractivity contribution in [1.82, 2.24) is 0 Å². The predicted molar refractivity (Wildman–Crippen MR) is 45.7 cm³/mol. The van der Waals surface area contributed by atoms with E-state index in [0.29, 0.717) is 18.1 Å². The molecule has 0 amide bonds. The van der Waals surface area contributed by atoms with Gasteiger partial charge >= 0.3 is 0 Å². The van der Waals surface area contributed by atoms with Gasteiger partial charge in [-0.15, -0.1) is 0 Å². The fraction of sp³-hybridized carbons (Fsp3) is 0.700. The zero-order valence-corrected chi connectivity index (χ0v) is 7.72. The number of carbonyl (C=O) groups excluding carboxylic acids is 1. The van der Waals surface area contributed by atoms with Gasteiger partial charge < -0.3 is 5.11 Å². The third kappa shape index (κ3) is 0.728. The van der Waals surface area contributed by atoms with Crippen molar-refractivity contribution in [2.24, 2.45) is 17.3 Å². The number of Topliss-reactive ketones (excluding diaryl/α,β-unsaturated/α-hetero) is 1. The first-order chi connectivity index (χ1) is 5.46. The zero-order valence-electron chi connectivity index (χ0n) is 7.72. The summed E-state index contributed by atoms with van der Waals surface area (Å²) < 4.78 is 0. The zero-order chi connectivity index (χ0) is 9.09. The summed E-state index contributed by atoms with van der Waals surface area (Å²) in [4.78, 5) is 11.3. The number of aliphatic hydroxyl groups is 1. The molecular weight excluding hydrogens is 152 g/mol. The van der Waals surface area contributed by atoms with Gasteiger partial charge in [0, 0.05) is 6.42 Å². The summed E-state index contributed by atoms with van der Waals surface area (Å²) in [6.45, 7) is 5.97. The minimum atomic E-state index is -0.252. The summed E-state index contributed by atoms with van der Waals surface area (Å²) in [6, 6.07) is 0. The van der Waals surface area contributed by atoms with Crippen molar-refractivity contribution in [3.63, 3.8) is 0 Å². The first kappa shape index (κ1) is 7.84. The van der Waals surface area contributed by atoms with Crippen LogP contribution in [0.2, 0.25) is 0 Å². The van der Waals surface area contributed by atoms with Gasteiger partial charge in [0.15, 0.2) is 0 Å². The molecule has 2 rings (SSSR count). The molecule has 0 radical (unpaired) electrons. The summed E-state index contributed by atoms with van der Waals surface area (Å²) in [5.74, 6) is 0.618. The van der Waals surface area contributed by atoms with Gasteiger partial charge in [-0.3, -0.25) is 4.79 Å². The topological polar surface area (TPSA) is 37.3 Å². The summed E-state index contributed by atoms with van der Waals surface area (Å²) in [7, 11) is 0. The molecule has 0 saturated heterocycles. The Kier molecular flexibility index (Phi) is 1.26. The molecule has 1 N–H and O–H groups in total. The van der Waals surface area contributed by atoms with Gasteiger partial charge in [0.25, 0.3) is 0 Å². The number of rotatable bonds is 0. The first-order valence-electron chi connectivity index (χ1n) is 4.42. The minimum absolute atomic E-state index is 0.0878. The van der Waals surface area contributed by atoms with Gasteiger partial charge in [-0.25, -0.2) is 0 Å². The quantitative estimate of drug-likeness (QED) is 0.598. The second-order valence-electron chi connectivity index (χ2n) is 4.47. The van der Waals surface area contributed by atoms with Crippen LogP contribution in [0.15, 0.2) is 11.3 Å². The van der Waals surface area contributed by atoms with E-state index in [2.05, 4.69) is 13.8 Å². The minimum Gasteiger partial charge on any atom is -0.512 e. The van der Waals surface area contributed by atoms with E-state index in [0.717, 1.165) is 5.57 Å². The molecule has 0 aliphatic heterocycles. The normalized spacial score (nSPS) is 38.1. The van der Waals surface area contributed by atoms with Crippen molar-refractivity contribution < 1.29 is 9.90 Å². The number of hydrogen-bond donors (Lipinski definition) is 1. The van der Waals surface area contributed by atoms with E-state index >= 15 is 0 Å². The molecule has 0 aromatic carbocycles. The lowest BCUT2D eigenvalue weighted by Crippen LogP contribution is -2.17. The van der Waals surface area contributed by atoms with Crippen molar-refractivity contribution in [3.8, 4) is 0 Å². The maximum absolute atomic E-state index is 11.3. The first-order valence-corrected chi connectivity index (χ1v) is 4.42. The lowest BCUT2D eigenvalue weighted by molar-refractivity contribution is -0.122. The number of allylic oxidation sites excluding steroid dienone is 2. The molecule has 0 bridgehead atoms. The Morgan fingerprint density at radius 3 is 2.67 bits per heavy atom. The molecule has 0 heterocycles. The monoisotopic (exact) mass is 166 g/mol. The molecule has 1 saturated carbocycles. The van der Waals surface area contributed by atoms with E-state index in [4.69, 9.17) is 0 Å². The number of aliphatic hydroxyl groups excluding tert-OH is 1. The standard InChI is InChI=1S/C10H14O2/c1-5-7(11)4-6-8(9(5)12)10(6,2)3/h5-6,12H,4H2,1-3H3/t5-,6+/m0/s1. The lowest BCUT2D eigenvalue weighted by atomic mass is 9.94. The average molecular weight is 166 g/mol. The van der Waals surface area contributed by atoms with Crippen LogP contribution in [0.5, 0.6) is 0 Å². The van der Waals surface area contributed by atoms with Crippen molar-refractivity contribution in [2.75, 3.05) is 0 Å². The van der Waals surface area contributed by atoms with Crippen LogP contribution in [-0.4, -0.2) is 10.9 Å². The number of fused-ring (bicyclic) bond motifs is 1. The summed E-state index contributed by atoms with van der Waals surface area (Å²) in [5.41, 5.74) is 1.21. The number of carbonyl (C=O) groups is 1. The van der Waals surface area contributed by atoms with Gasteiger partial charge in [0.1, 0.15) is 11.5 Å². The van der Waals surface area contributed by atoms with E-state index in [1.54, 1.807) is 6.92 Å². The smallest absolute Gasteiger partial charge is 0.143 e. The van der Waals surface area contributed by atoms with Crippen LogP contribution in [0.3, 0.4) is 0 Å². The van der Waals surface area contributed by atoms with Gasteiger partial charge in [-0.1, -0.05) is 13.8 Å². The Bertz CT molecular complexity index is 286. The Balaban J connectivity index is 2.42. The Morgan fingerprint density at radius 1 is 1.50 bits per heavy atom. The van der Waals surface area contributed by atoms with E-state index < -0.39 is 0 Å². The number of hydrogen-bond acceptors (Lipinski definition) is 2. The maximum atomic E-state index is 11.3. The highest BCUT2D eigenvalue weighted by Crippen LogP contribution is 2.63. The highest BCUT2D eigenvalue weighted by molar-refractivity contribution is 5.87. The lowest BCUT2D eigenvalue weighted by Gasteiger charge is -2.12. The Labute approximate surface area is 72.3 Å². The second-order valence-corrected chi connectivity index (χ2v) is 4.47. The summed E-state index contributed by atoms with van der Waals surface area (Å²) in [5, 5.41) is 9.65. The molecule has 2 aliphatic rings. The van der Waals surface area contributed by atoms with Crippen LogP contribution in [0.25, 0.3) is 0 Å². The maximum Gasteiger partial charge on any atom is 0.143 e. The molecule has 2 heteroatoms. The molecule has 0 unspecified atom stereocenters. The largest absolute Gasteiger partial charge is 0.512 e. The Morgan fingerprint density at radius 2 is 2.08 bits per heavy atom. The van der Waals surface area contributed by atoms with E-state index in [9.17, 15) is 9.90 Å². The molecule has 2 nitrogen and oxygen atoms in total. The van der Waals surface area contributed by atoms with Crippen LogP contribution >= 0.6 is 0 Å². The molecule has 0 aromatic rings. The van der Waals surface area contributed by atoms with Crippen LogP contribution in [0, 0.1) is 17.3 Å². The molecule has 12 heavy (non-hydrogen) atoms. The molecule has 2 atom stereocenters. The third-order valence-corrected chi connectivity index (χ3v) is 3.40. The average Bonchev–Trinajstić information content (AvgIpc) is 2.49. The SMILES string of the molecule is C[C@H]1C(=O)C[C@@H]2C(=C1O)C2(C)C. The summed E-state index contributed by atoms with van der Waals surface area (Å²) in [6.07, 6.45) is 0.633. The molecule has 66 valence electrons. The second kappa shape index (κ2) is 1.93. The molecule has 1 fully saturated rings. The molecule has 0 spiro atoms. The van der Waals surface area contributed by atoms with Crippen LogP contribution in [0.1, 0.15) is 27.2 Å². The van der Waals surface area contributed by atoms with Crippen molar-refractivity contribution in [2.45, 2.75) is 27.2 Å². The highest BCUT2D eigenvalue weighted by atomic mass is 16.3. The van der Waals surface area contributed by atoms with Crippen molar-refractivity contribution in [1.29, 1.82) is 0 Å². The van der Waals surface area contributed by atoms with E-state index in [-0.39, 0.29) is 17.1 Å². The summed E-state index contributed by atoms with van der Waals surface area (Å²) >= 11 is 0. The van der Waals surface area contributed by atoms with E-state index in [1.807, 2.05) is 0 Å². The highest BCUT2D eigenvalue weighted by Gasteiger charge is 2.58. The van der Waals surface area contributed by atoms with Gasteiger partial charge in [0.05, 0.1) is 5.92 Å². The van der Waals surface area contributed by atoms with Crippen molar-refractivity contribution >= 4 is 5.78 Å². The van der Waals surface area contributed by atoms with Gasteiger partial charge in [-0.05, 0) is 23.8 Å². The van der Waals surface area contributed by atoms with Gasteiger partial charge in [0.2, 0.25) is 0 Å². The van der Waals surface area contributed by atoms with Crippen LogP contribution in [-0.2, 0) is 4.79 Å². The fourth-order valence-electron chi connectivity index (χ4n) is 2.27. The number of ketones is 1. The van der Waals surface area contributed by atoms with E-state index in [1.165, 1.54) is 0 Å².